The summed E-state index contributed by atoms with van der Waals surface area (Å²) in [5, 5.41) is 2.12. The Bertz CT molecular complexity index is 764. The van der Waals surface area contributed by atoms with E-state index in [4.69, 9.17) is 0 Å². The zero-order chi connectivity index (χ0) is 15.7. The van der Waals surface area contributed by atoms with Gasteiger partial charge in [-0.15, -0.1) is 11.3 Å². The number of aromatic nitrogens is 2. The van der Waals surface area contributed by atoms with Gasteiger partial charge in [0, 0.05) is 39.0 Å². The normalized spacial score (nSPS) is 17.3. The lowest BCUT2D eigenvalue weighted by Crippen LogP contribution is -2.47. The monoisotopic (exact) mass is 340 g/mol. The third kappa shape index (κ3) is 3.39. The van der Waals surface area contributed by atoms with Crippen molar-refractivity contribution in [2.75, 3.05) is 49.6 Å². The van der Waals surface area contributed by atoms with Crippen LogP contribution in [0.1, 0.15) is 5.56 Å². The maximum atomic E-state index is 11.3. The van der Waals surface area contributed by atoms with Gasteiger partial charge in [-0.3, -0.25) is 4.90 Å². The predicted molar refractivity (Wildman–Crippen MR) is 90.5 cm³/mol. The van der Waals surface area contributed by atoms with Crippen LogP contribution in [-0.2, 0) is 9.84 Å². The molecule has 0 atom stereocenters. The van der Waals surface area contributed by atoms with Crippen LogP contribution in [0.15, 0.2) is 11.7 Å². The van der Waals surface area contributed by atoms with Gasteiger partial charge in [-0.1, -0.05) is 0 Å². The lowest BCUT2D eigenvalue weighted by molar-refractivity contribution is 0.271. The van der Waals surface area contributed by atoms with Crippen LogP contribution in [0.5, 0.6) is 0 Å². The van der Waals surface area contributed by atoms with E-state index in [1.54, 1.807) is 17.7 Å². The zero-order valence-electron chi connectivity index (χ0n) is 12.8. The van der Waals surface area contributed by atoms with E-state index in [2.05, 4.69) is 32.1 Å². The Morgan fingerprint density at radius 1 is 1.23 bits per heavy atom. The maximum Gasteiger partial charge on any atom is 0.150 e. The lowest BCUT2D eigenvalue weighted by Gasteiger charge is -2.35. The number of hydrogen-bond donors (Lipinski definition) is 0. The minimum atomic E-state index is -2.89. The Morgan fingerprint density at radius 3 is 2.64 bits per heavy atom. The molecule has 0 amide bonds. The zero-order valence-corrected chi connectivity index (χ0v) is 14.5. The summed E-state index contributed by atoms with van der Waals surface area (Å²) < 4.78 is 23.7. The molecule has 1 fully saturated rings. The molecule has 3 heterocycles. The van der Waals surface area contributed by atoms with Crippen molar-refractivity contribution in [2.45, 2.75) is 6.92 Å². The van der Waals surface area contributed by atoms with Gasteiger partial charge in [0.1, 0.15) is 22.0 Å². The molecule has 0 unspecified atom stereocenters. The minimum Gasteiger partial charge on any atom is -0.353 e. The molecule has 22 heavy (non-hydrogen) atoms. The molecule has 2 aromatic rings. The molecule has 0 aromatic carbocycles. The molecule has 1 saturated heterocycles. The van der Waals surface area contributed by atoms with E-state index in [9.17, 15) is 8.42 Å². The molecular weight excluding hydrogens is 320 g/mol. The molecule has 1 aliphatic heterocycles. The van der Waals surface area contributed by atoms with E-state index in [0.29, 0.717) is 6.54 Å². The molecule has 0 spiro atoms. The van der Waals surface area contributed by atoms with E-state index in [1.807, 2.05) is 0 Å². The largest absolute Gasteiger partial charge is 0.353 e. The van der Waals surface area contributed by atoms with Crippen LogP contribution in [0.25, 0.3) is 10.2 Å². The second kappa shape index (κ2) is 6.10. The molecule has 1 aliphatic rings. The third-order valence-electron chi connectivity index (χ3n) is 3.96. The number of fused-ring (bicyclic) bond motifs is 1. The number of thiophene rings is 1. The summed E-state index contributed by atoms with van der Waals surface area (Å²) in [5.74, 6) is 1.24. The van der Waals surface area contributed by atoms with Gasteiger partial charge >= 0.3 is 0 Å². The number of anilines is 1. The number of nitrogens with zero attached hydrogens (tertiary/aromatic N) is 4. The van der Waals surface area contributed by atoms with Crippen LogP contribution in [0, 0.1) is 6.92 Å². The molecule has 0 N–H and O–H groups in total. The van der Waals surface area contributed by atoms with E-state index in [1.165, 1.54) is 11.8 Å². The number of hydrogen-bond acceptors (Lipinski definition) is 7. The first kappa shape index (κ1) is 15.6. The van der Waals surface area contributed by atoms with Crippen molar-refractivity contribution in [3.05, 3.63) is 17.3 Å². The number of aryl methyl sites for hydroxylation is 1. The average molecular weight is 340 g/mol. The van der Waals surface area contributed by atoms with Crippen LogP contribution < -0.4 is 4.90 Å². The third-order valence-corrected chi connectivity index (χ3v) is 5.97. The van der Waals surface area contributed by atoms with Crippen molar-refractivity contribution in [1.29, 1.82) is 0 Å². The van der Waals surface area contributed by atoms with Gasteiger partial charge in [-0.05, 0) is 17.9 Å². The van der Waals surface area contributed by atoms with E-state index >= 15 is 0 Å². The Morgan fingerprint density at radius 2 is 1.95 bits per heavy atom. The van der Waals surface area contributed by atoms with Gasteiger partial charge in [0.15, 0.2) is 0 Å². The number of piperazine rings is 1. The lowest BCUT2D eigenvalue weighted by atomic mass is 10.3. The molecule has 3 rings (SSSR count). The van der Waals surface area contributed by atoms with Crippen LogP contribution in [0.4, 0.5) is 5.82 Å². The number of rotatable bonds is 4. The first-order valence-electron chi connectivity index (χ1n) is 7.28. The molecule has 2 aromatic heterocycles. The van der Waals surface area contributed by atoms with Crippen molar-refractivity contribution in [3.8, 4) is 0 Å². The van der Waals surface area contributed by atoms with Crippen molar-refractivity contribution < 1.29 is 8.42 Å². The summed E-state index contributed by atoms with van der Waals surface area (Å²) in [6.07, 6.45) is 2.92. The number of sulfone groups is 1. The van der Waals surface area contributed by atoms with Crippen molar-refractivity contribution in [3.63, 3.8) is 0 Å². The second-order valence-electron chi connectivity index (χ2n) is 5.75. The summed E-state index contributed by atoms with van der Waals surface area (Å²) >= 11 is 1.69. The van der Waals surface area contributed by atoms with Gasteiger partial charge in [-0.2, -0.15) is 0 Å². The highest BCUT2D eigenvalue weighted by atomic mass is 32.2. The summed E-state index contributed by atoms with van der Waals surface area (Å²) in [6.45, 7) is 6.15. The van der Waals surface area contributed by atoms with Crippen LogP contribution in [0.3, 0.4) is 0 Å². The highest BCUT2D eigenvalue weighted by Gasteiger charge is 2.21. The van der Waals surface area contributed by atoms with Crippen molar-refractivity contribution >= 4 is 37.2 Å². The Labute approximate surface area is 134 Å². The Kier molecular flexibility index (Phi) is 4.33. The van der Waals surface area contributed by atoms with Gasteiger partial charge in [0.25, 0.3) is 0 Å². The Hall–Kier alpha value is -1.25. The fourth-order valence-corrected chi connectivity index (χ4v) is 4.27. The summed E-state index contributed by atoms with van der Waals surface area (Å²) in [5.41, 5.74) is 2.23. The SMILES string of the molecule is Cc1csc2c(N3CCN(CCS(C)(=O)=O)CC3)ncnc12. The molecule has 0 radical (unpaired) electrons. The van der Waals surface area contributed by atoms with Gasteiger partial charge < -0.3 is 4.90 Å². The topological polar surface area (TPSA) is 66.4 Å². The molecule has 0 saturated carbocycles. The highest BCUT2D eigenvalue weighted by Crippen LogP contribution is 2.31. The maximum absolute atomic E-state index is 11.3. The molecule has 0 aliphatic carbocycles. The van der Waals surface area contributed by atoms with E-state index < -0.39 is 9.84 Å². The quantitative estimate of drug-likeness (QED) is 0.832. The molecule has 8 heteroatoms. The van der Waals surface area contributed by atoms with Crippen LogP contribution in [-0.4, -0.2) is 68.0 Å². The summed E-state index contributed by atoms with van der Waals surface area (Å²) in [4.78, 5) is 13.3. The molecule has 0 bridgehead atoms. The molecule has 6 nitrogen and oxygen atoms in total. The minimum absolute atomic E-state index is 0.231. The molecular formula is C14H20N4O2S2. The van der Waals surface area contributed by atoms with Gasteiger partial charge in [-0.25, -0.2) is 18.4 Å². The summed E-state index contributed by atoms with van der Waals surface area (Å²) in [7, 11) is -2.89. The van der Waals surface area contributed by atoms with E-state index in [-0.39, 0.29) is 5.75 Å². The van der Waals surface area contributed by atoms with E-state index in [0.717, 1.165) is 42.2 Å². The summed E-state index contributed by atoms with van der Waals surface area (Å²) in [6, 6.07) is 0. The van der Waals surface area contributed by atoms with Gasteiger partial charge in [0.05, 0.1) is 16.0 Å². The predicted octanol–water partition coefficient (Wildman–Crippen LogP) is 1.17. The highest BCUT2D eigenvalue weighted by molar-refractivity contribution is 7.90. The first-order chi connectivity index (χ1) is 10.4. The first-order valence-corrected chi connectivity index (χ1v) is 10.2. The fourth-order valence-electron chi connectivity index (χ4n) is 2.66. The van der Waals surface area contributed by atoms with Crippen LogP contribution >= 0.6 is 11.3 Å². The fraction of sp³-hybridized carbons (Fsp3) is 0.571. The van der Waals surface area contributed by atoms with Crippen molar-refractivity contribution in [2.24, 2.45) is 0 Å². The second-order valence-corrected chi connectivity index (χ2v) is 8.89. The smallest absolute Gasteiger partial charge is 0.150 e. The van der Waals surface area contributed by atoms with Crippen LogP contribution in [0.2, 0.25) is 0 Å². The van der Waals surface area contributed by atoms with Gasteiger partial charge in [0.2, 0.25) is 0 Å². The average Bonchev–Trinajstić information content (AvgIpc) is 2.87. The molecule has 120 valence electrons. The Balaban J connectivity index is 1.68. The van der Waals surface area contributed by atoms with Crippen molar-refractivity contribution in [1.82, 2.24) is 14.9 Å². The standard InChI is InChI=1S/C14H20N4O2S2/c1-11-9-21-13-12(11)15-10-16-14(13)18-5-3-17(4-6-18)7-8-22(2,19)20/h9-10H,3-8H2,1-2H3.